The number of carbonyl (C=O) groups excluding carboxylic acids is 2. The van der Waals surface area contributed by atoms with Crippen molar-refractivity contribution in [2.45, 2.75) is 18.7 Å². The normalized spacial score (nSPS) is 13.4. The van der Waals surface area contributed by atoms with Gasteiger partial charge in [-0.25, -0.2) is 8.42 Å². The molecule has 0 radical (unpaired) electrons. The van der Waals surface area contributed by atoms with Gasteiger partial charge >= 0.3 is 0 Å². The van der Waals surface area contributed by atoms with Crippen LogP contribution in [0.15, 0.2) is 47.4 Å². The molecule has 0 fully saturated rings. The van der Waals surface area contributed by atoms with Crippen LogP contribution in [-0.2, 0) is 19.6 Å². The van der Waals surface area contributed by atoms with E-state index in [-0.39, 0.29) is 35.6 Å². The number of nitrogens with zero attached hydrogens (tertiary/aromatic N) is 2. The molecule has 29 heavy (non-hydrogen) atoms. The molecule has 9 heteroatoms. The lowest BCUT2D eigenvalue weighted by molar-refractivity contribution is -0.119. The maximum Gasteiger partial charge on any atom is 0.262 e. The largest absolute Gasteiger partial charge is 0.482 e. The van der Waals surface area contributed by atoms with Crippen LogP contribution in [0.2, 0.25) is 0 Å². The second-order valence-electron chi connectivity index (χ2n) is 6.69. The van der Waals surface area contributed by atoms with Gasteiger partial charge in [0.2, 0.25) is 15.9 Å². The highest BCUT2D eigenvalue weighted by molar-refractivity contribution is 7.89. The molecule has 1 aliphatic heterocycles. The Hall–Kier alpha value is -2.91. The molecule has 0 spiro atoms. The van der Waals surface area contributed by atoms with Gasteiger partial charge in [-0.05, 0) is 37.6 Å². The number of carbonyl (C=O) groups is 2. The summed E-state index contributed by atoms with van der Waals surface area (Å²) in [5, 5.41) is 2.65. The molecule has 154 valence electrons. The molecule has 2 aromatic carbocycles. The van der Waals surface area contributed by atoms with E-state index in [1.807, 2.05) is 25.1 Å². The zero-order valence-electron chi connectivity index (χ0n) is 16.5. The van der Waals surface area contributed by atoms with Gasteiger partial charge in [0.1, 0.15) is 5.75 Å². The van der Waals surface area contributed by atoms with Crippen LogP contribution in [0.4, 0.5) is 11.4 Å². The zero-order valence-corrected chi connectivity index (χ0v) is 17.3. The molecule has 1 N–H and O–H groups in total. The Morgan fingerprint density at radius 1 is 1.21 bits per heavy atom. The molecule has 8 nitrogen and oxygen atoms in total. The van der Waals surface area contributed by atoms with Crippen LogP contribution in [0, 0.1) is 6.92 Å². The number of rotatable bonds is 6. The van der Waals surface area contributed by atoms with Crippen LogP contribution in [-0.4, -0.2) is 51.3 Å². The minimum absolute atomic E-state index is 0.0328. The van der Waals surface area contributed by atoms with Gasteiger partial charge in [0.25, 0.3) is 5.91 Å². The van der Waals surface area contributed by atoms with Gasteiger partial charge in [-0.1, -0.05) is 18.2 Å². The lowest BCUT2D eigenvalue weighted by Crippen LogP contribution is -2.41. The van der Waals surface area contributed by atoms with Crippen LogP contribution < -0.4 is 15.0 Å². The molecule has 0 atom stereocenters. The van der Waals surface area contributed by atoms with Crippen LogP contribution in [0.3, 0.4) is 0 Å². The van der Waals surface area contributed by atoms with Crippen molar-refractivity contribution in [1.82, 2.24) is 4.31 Å². The summed E-state index contributed by atoms with van der Waals surface area (Å²) in [5.41, 5.74) is 1.59. The number of sulfonamides is 1. The number of likely N-dealkylation sites (N-methyl/N-ethyl adjacent to an activating group) is 2. The Morgan fingerprint density at radius 3 is 2.55 bits per heavy atom. The van der Waals surface area contributed by atoms with Gasteiger partial charge < -0.3 is 15.0 Å². The number of aryl methyl sites for hydroxylation is 1. The fourth-order valence-electron chi connectivity index (χ4n) is 3.13. The lowest BCUT2D eigenvalue weighted by atomic mass is 10.2. The summed E-state index contributed by atoms with van der Waals surface area (Å²) in [4.78, 5) is 25.8. The van der Waals surface area contributed by atoms with Crippen molar-refractivity contribution in [2.24, 2.45) is 0 Å². The SMILES string of the molecule is CCN(C(=O)CN(C)S(=O)(=O)c1cc2c(cc1C)NC(=O)CO2)c1ccccc1. The van der Waals surface area contributed by atoms with Gasteiger partial charge in [0, 0.05) is 25.3 Å². The van der Waals surface area contributed by atoms with Crippen molar-refractivity contribution in [1.29, 1.82) is 0 Å². The Kier molecular flexibility index (Phi) is 5.90. The highest BCUT2D eigenvalue weighted by Crippen LogP contribution is 2.33. The minimum atomic E-state index is -3.94. The number of nitrogens with one attached hydrogen (secondary N) is 1. The third-order valence-corrected chi connectivity index (χ3v) is 6.59. The van der Waals surface area contributed by atoms with Crippen molar-refractivity contribution in [3.8, 4) is 5.75 Å². The monoisotopic (exact) mass is 417 g/mol. The number of benzene rings is 2. The molecule has 1 aliphatic rings. The number of fused-ring (bicyclic) bond motifs is 1. The first-order valence-electron chi connectivity index (χ1n) is 9.13. The molecule has 0 aliphatic carbocycles. The van der Waals surface area contributed by atoms with E-state index in [0.29, 0.717) is 23.5 Å². The fraction of sp³-hybridized carbons (Fsp3) is 0.300. The molecular formula is C20H23N3O5S. The Morgan fingerprint density at radius 2 is 1.90 bits per heavy atom. The van der Waals surface area contributed by atoms with Crippen molar-refractivity contribution >= 4 is 33.2 Å². The first-order valence-corrected chi connectivity index (χ1v) is 10.6. The van der Waals surface area contributed by atoms with Crippen LogP contribution >= 0.6 is 0 Å². The first kappa shape index (κ1) is 20.8. The number of ether oxygens (including phenoxy) is 1. The third-order valence-electron chi connectivity index (χ3n) is 4.64. The average Bonchev–Trinajstić information content (AvgIpc) is 2.68. The quantitative estimate of drug-likeness (QED) is 0.776. The first-order chi connectivity index (χ1) is 13.7. The Bertz CT molecular complexity index is 1040. The summed E-state index contributed by atoms with van der Waals surface area (Å²) >= 11 is 0. The van der Waals surface area contributed by atoms with Gasteiger partial charge in [0.05, 0.1) is 17.1 Å². The van der Waals surface area contributed by atoms with E-state index in [0.717, 1.165) is 4.31 Å². The summed E-state index contributed by atoms with van der Waals surface area (Å²) < 4.78 is 32.6. The Labute approximate surface area is 170 Å². The predicted molar refractivity (Wildman–Crippen MR) is 110 cm³/mol. The molecule has 0 saturated carbocycles. The van der Waals surface area contributed by atoms with Crippen LogP contribution in [0.5, 0.6) is 5.75 Å². The fourth-order valence-corrected chi connectivity index (χ4v) is 4.47. The second kappa shape index (κ2) is 8.22. The molecule has 0 aromatic heterocycles. The van der Waals surface area contributed by atoms with Crippen molar-refractivity contribution in [2.75, 3.05) is 37.0 Å². The molecule has 3 rings (SSSR count). The molecule has 0 unspecified atom stereocenters. The number of hydrogen-bond acceptors (Lipinski definition) is 5. The average molecular weight is 417 g/mol. The molecule has 2 aromatic rings. The molecule has 2 amide bonds. The second-order valence-corrected chi connectivity index (χ2v) is 8.70. The van der Waals surface area contributed by atoms with E-state index in [1.165, 1.54) is 18.0 Å². The summed E-state index contributed by atoms with van der Waals surface area (Å²) in [5.74, 6) is -0.340. The summed E-state index contributed by atoms with van der Waals surface area (Å²) in [7, 11) is -2.57. The lowest BCUT2D eigenvalue weighted by Gasteiger charge is -2.25. The van der Waals surface area contributed by atoms with Crippen molar-refractivity contribution < 1.29 is 22.7 Å². The maximum atomic E-state index is 13.1. The smallest absolute Gasteiger partial charge is 0.262 e. The molecular weight excluding hydrogens is 394 g/mol. The van der Waals surface area contributed by atoms with E-state index in [9.17, 15) is 18.0 Å². The highest BCUT2D eigenvalue weighted by Gasteiger charge is 2.29. The highest BCUT2D eigenvalue weighted by atomic mass is 32.2. The minimum Gasteiger partial charge on any atom is -0.482 e. The van der Waals surface area contributed by atoms with Crippen molar-refractivity contribution in [3.63, 3.8) is 0 Å². The van der Waals surface area contributed by atoms with E-state index in [2.05, 4.69) is 5.32 Å². The van der Waals surface area contributed by atoms with Crippen LogP contribution in [0.25, 0.3) is 0 Å². The van der Waals surface area contributed by atoms with E-state index in [4.69, 9.17) is 4.74 Å². The number of amides is 2. The third kappa shape index (κ3) is 4.25. The number of para-hydroxylation sites is 1. The molecule has 0 bridgehead atoms. The maximum absolute atomic E-state index is 13.1. The summed E-state index contributed by atoms with van der Waals surface area (Å²) in [6.07, 6.45) is 0. The van der Waals surface area contributed by atoms with E-state index >= 15 is 0 Å². The van der Waals surface area contributed by atoms with E-state index < -0.39 is 10.0 Å². The molecule has 1 heterocycles. The standard InChI is InChI=1S/C20H23N3O5S/c1-4-23(15-8-6-5-7-9-15)20(25)12-22(3)29(26,27)18-11-17-16(10-14(18)2)21-19(24)13-28-17/h5-11H,4,12-13H2,1-3H3,(H,21,24). The summed E-state index contributed by atoms with van der Waals surface area (Å²) in [6, 6.07) is 12.0. The zero-order chi connectivity index (χ0) is 21.2. The topological polar surface area (TPSA) is 96.0 Å². The van der Waals surface area contributed by atoms with Crippen molar-refractivity contribution in [3.05, 3.63) is 48.0 Å². The summed E-state index contributed by atoms with van der Waals surface area (Å²) in [6.45, 7) is 3.40. The number of hydrogen-bond donors (Lipinski definition) is 1. The Balaban J connectivity index is 1.84. The van der Waals surface area contributed by atoms with Gasteiger partial charge in [0.15, 0.2) is 6.61 Å². The predicted octanol–water partition coefficient (Wildman–Crippen LogP) is 2.00. The van der Waals surface area contributed by atoms with Gasteiger partial charge in [-0.15, -0.1) is 0 Å². The van der Waals surface area contributed by atoms with Crippen LogP contribution in [0.1, 0.15) is 12.5 Å². The van der Waals surface area contributed by atoms with Gasteiger partial charge in [-0.3, -0.25) is 9.59 Å². The molecule has 0 saturated heterocycles. The number of anilines is 2. The van der Waals surface area contributed by atoms with E-state index in [1.54, 1.807) is 25.1 Å². The van der Waals surface area contributed by atoms with Gasteiger partial charge in [-0.2, -0.15) is 4.31 Å².